The number of rotatable bonds is 4. The molecule has 0 spiro atoms. The highest BCUT2D eigenvalue weighted by atomic mass is 32.1. The van der Waals surface area contributed by atoms with E-state index in [9.17, 15) is 9.59 Å². The fourth-order valence-corrected chi connectivity index (χ4v) is 3.09. The predicted molar refractivity (Wildman–Crippen MR) is 84.3 cm³/mol. The number of carbonyl (C=O) groups excluding carboxylic acids is 2. The molecule has 0 aromatic carbocycles. The van der Waals surface area contributed by atoms with Gasteiger partial charge >= 0.3 is 0 Å². The summed E-state index contributed by atoms with van der Waals surface area (Å²) < 4.78 is 1.78. The second kappa shape index (κ2) is 6.82. The van der Waals surface area contributed by atoms with Crippen molar-refractivity contribution in [2.45, 2.75) is 19.9 Å². The van der Waals surface area contributed by atoms with Gasteiger partial charge in [-0.25, -0.2) is 0 Å². The summed E-state index contributed by atoms with van der Waals surface area (Å²) >= 11 is 2.74. The fourth-order valence-electron chi connectivity index (χ4n) is 1.73. The summed E-state index contributed by atoms with van der Waals surface area (Å²) in [5.41, 5.74) is 0. The number of aryl methyl sites for hydroxylation is 1. The Kier molecular flexibility index (Phi) is 5.08. The molecule has 0 saturated heterocycles. The minimum Gasteiger partial charge on any atom is -0.339 e. The Labute approximate surface area is 131 Å². The molecule has 2 aromatic rings. The second-order valence-electron chi connectivity index (χ2n) is 4.92. The number of nitrogens with one attached hydrogen (secondary N) is 1. The van der Waals surface area contributed by atoms with Gasteiger partial charge in [-0.3, -0.25) is 9.59 Å². The third-order valence-electron chi connectivity index (χ3n) is 2.93. The number of aromatic nitrogens is 1. The predicted octanol–water partition coefficient (Wildman–Crippen LogP) is 2.03. The average molecular weight is 323 g/mol. The van der Waals surface area contributed by atoms with Crippen molar-refractivity contribution in [3.63, 3.8) is 0 Å². The fraction of sp³-hybridized carbons (Fsp3) is 0.357. The van der Waals surface area contributed by atoms with Gasteiger partial charge in [-0.1, -0.05) is 19.9 Å². The molecule has 0 bridgehead atoms. The molecule has 1 N–H and O–H groups in total. The molecule has 0 saturated carbocycles. The lowest BCUT2D eigenvalue weighted by Gasteiger charge is -2.18. The molecule has 112 valence electrons. The summed E-state index contributed by atoms with van der Waals surface area (Å²) in [5.74, 6) is -0.591. The lowest BCUT2D eigenvalue weighted by atomic mass is 10.0. The van der Waals surface area contributed by atoms with Crippen molar-refractivity contribution in [3.05, 3.63) is 38.8 Å². The van der Waals surface area contributed by atoms with Crippen LogP contribution in [0.25, 0.3) is 0 Å². The van der Waals surface area contributed by atoms with Crippen molar-refractivity contribution in [2.24, 2.45) is 18.0 Å². The van der Waals surface area contributed by atoms with E-state index >= 15 is 0 Å². The van der Waals surface area contributed by atoms with Crippen LogP contribution in [0.3, 0.4) is 0 Å². The average Bonchev–Trinajstić information content (AvgIpc) is 3.08. The number of thiazole rings is 1. The molecule has 2 aromatic heterocycles. The minimum atomic E-state index is -0.623. The topological polar surface area (TPSA) is 63.5 Å². The molecule has 1 atom stereocenters. The number of amides is 2. The van der Waals surface area contributed by atoms with Gasteiger partial charge in [-0.15, -0.1) is 22.7 Å². The summed E-state index contributed by atoms with van der Waals surface area (Å²) in [6.07, 6.45) is 1.84. The molecule has 0 radical (unpaired) electrons. The quantitative estimate of drug-likeness (QED) is 0.936. The zero-order valence-corrected chi connectivity index (χ0v) is 13.7. The molecular weight excluding hydrogens is 306 g/mol. The largest absolute Gasteiger partial charge is 0.339 e. The van der Waals surface area contributed by atoms with E-state index in [0.29, 0.717) is 9.68 Å². The highest BCUT2D eigenvalue weighted by Crippen LogP contribution is 2.11. The van der Waals surface area contributed by atoms with E-state index in [4.69, 9.17) is 0 Å². The molecule has 0 unspecified atom stereocenters. The first-order valence-corrected chi connectivity index (χ1v) is 8.28. The summed E-state index contributed by atoms with van der Waals surface area (Å²) in [7, 11) is 1.83. The molecule has 0 aliphatic heterocycles. The molecule has 2 amide bonds. The van der Waals surface area contributed by atoms with E-state index in [1.54, 1.807) is 10.6 Å². The Morgan fingerprint density at radius 2 is 2.05 bits per heavy atom. The molecule has 0 aliphatic carbocycles. The van der Waals surface area contributed by atoms with E-state index in [0.717, 1.165) is 0 Å². The molecule has 21 heavy (non-hydrogen) atoms. The summed E-state index contributed by atoms with van der Waals surface area (Å²) in [6, 6.07) is 2.92. The maximum atomic E-state index is 12.3. The Hall–Kier alpha value is -1.73. The number of nitrogens with zero attached hydrogens (tertiary/aromatic N) is 2. The maximum absolute atomic E-state index is 12.3. The van der Waals surface area contributed by atoms with Crippen molar-refractivity contribution in [1.29, 1.82) is 0 Å². The van der Waals surface area contributed by atoms with Crippen molar-refractivity contribution in [3.8, 4) is 0 Å². The van der Waals surface area contributed by atoms with Gasteiger partial charge in [-0.05, 0) is 17.4 Å². The smallest absolute Gasteiger partial charge is 0.271 e. The first-order valence-electron chi connectivity index (χ1n) is 6.52. The van der Waals surface area contributed by atoms with Gasteiger partial charge in [-0.2, -0.15) is 4.99 Å². The number of thiophene rings is 1. The van der Waals surface area contributed by atoms with Crippen LogP contribution in [-0.4, -0.2) is 22.4 Å². The minimum absolute atomic E-state index is 0.0320. The van der Waals surface area contributed by atoms with E-state index < -0.39 is 6.04 Å². The van der Waals surface area contributed by atoms with Crippen molar-refractivity contribution < 1.29 is 9.59 Å². The zero-order valence-electron chi connectivity index (χ0n) is 12.1. The van der Waals surface area contributed by atoms with E-state index in [2.05, 4.69) is 10.3 Å². The van der Waals surface area contributed by atoms with Crippen LogP contribution in [-0.2, 0) is 11.8 Å². The van der Waals surface area contributed by atoms with Crippen LogP contribution in [0.5, 0.6) is 0 Å². The normalized spacial score (nSPS) is 13.4. The second-order valence-corrected chi connectivity index (χ2v) is 6.74. The Morgan fingerprint density at radius 3 is 2.57 bits per heavy atom. The molecule has 2 heterocycles. The van der Waals surface area contributed by atoms with Gasteiger partial charge in [0.1, 0.15) is 6.04 Å². The zero-order chi connectivity index (χ0) is 15.4. The third kappa shape index (κ3) is 3.89. The van der Waals surface area contributed by atoms with Crippen LogP contribution < -0.4 is 10.1 Å². The standard InChI is InChI=1S/C14H17N3O2S2/c1-9(2)11(15-12(18)10-5-4-7-20-10)13(19)16-14-17(3)6-8-21-14/h4-9,11H,1-3H3,(H,15,18)/t11-/m1/s1. The summed E-state index contributed by atoms with van der Waals surface area (Å²) in [4.78, 5) is 29.7. The highest BCUT2D eigenvalue weighted by Gasteiger charge is 2.24. The van der Waals surface area contributed by atoms with E-state index in [1.807, 2.05) is 43.9 Å². The molecule has 2 rings (SSSR count). The molecule has 5 nitrogen and oxygen atoms in total. The molecule has 0 fully saturated rings. The van der Waals surface area contributed by atoms with Crippen LogP contribution >= 0.6 is 22.7 Å². The summed E-state index contributed by atoms with van der Waals surface area (Å²) in [6.45, 7) is 3.78. The number of hydrogen-bond donors (Lipinski definition) is 1. The first kappa shape index (κ1) is 15.7. The van der Waals surface area contributed by atoms with Crippen LogP contribution in [0.1, 0.15) is 23.5 Å². The lowest BCUT2D eigenvalue weighted by Crippen LogP contribution is -2.44. The monoisotopic (exact) mass is 323 g/mol. The number of hydrogen-bond acceptors (Lipinski definition) is 4. The van der Waals surface area contributed by atoms with Crippen molar-refractivity contribution >= 4 is 34.5 Å². The first-order chi connectivity index (χ1) is 9.99. The van der Waals surface area contributed by atoms with Gasteiger partial charge in [0.25, 0.3) is 11.8 Å². The van der Waals surface area contributed by atoms with Crippen LogP contribution in [0.15, 0.2) is 34.1 Å². The third-order valence-corrected chi connectivity index (χ3v) is 4.65. The maximum Gasteiger partial charge on any atom is 0.271 e. The van der Waals surface area contributed by atoms with Crippen molar-refractivity contribution in [1.82, 2.24) is 9.88 Å². The Morgan fingerprint density at radius 1 is 1.29 bits per heavy atom. The van der Waals surface area contributed by atoms with Crippen LogP contribution in [0.2, 0.25) is 0 Å². The van der Waals surface area contributed by atoms with Gasteiger partial charge < -0.3 is 9.88 Å². The van der Waals surface area contributed by atoms with E-state index in [-0.39, 0.29) is 17.7 Å². The van der Waals surface area contributed by atoms with Gasteiger partial charge in [0.05, 0.1) is 4.88 Å². The SMILES string of the molecule is CC(C)[C@@H](NC(=O)c1cccs1)C(=O)N=c1sccn1C. The van der Waals surface area contributed by atoms with Crippen LogP contribution in [0, 0.1) is 5.92 Å². The molecule has 7 heteroatoms. The van der Waals surface area contributed by atoms with E-state index in [1.165, 1.54) is 22.7 Å². The lowest BCUT2D eigenvalue weighted by molar-refractivity contribution is -0.120. The Balaban J connectivity index is 2.18. The van der Waals surface area contributed by atoms with Gasteiger partial charge in [0.15, 0.2) is 4.80 Å². The molecule has 0 aliphatic rings. The highest BCUT2D eigenvalue weighted by molar-refractivity contribution is 7.12. The number of carbonyl (C=O) groups is 2. The van der Waals surface area contributed by atoms with Crippen molar-refractivity contribution in [2.75, 3.05) is 0 Å². The van der Waals surface area contributed by atoms with Crippen LogP contribution in [0.4, 0.5) is 0 Å². The summed E-state index contributed by atoms with van der Waals surface area (Å²) in [5, 5.41) is 6.47. The van der Waals surface area contributed by atoms with Gasteiger partial charge in [0, 0.05) is 18.6 Å². The van der Waals surface area contributed by atoms with Gasteiger partial charge in [0.2, 0.25) is 0 Å². The Bertz CT molecular complexity index is 683. The molecular formula is C14H17N3O2S2.